The van der Waals surface area contributed by atoms with Crippen molar-refractivity contribution in [2.45, 2.75) is 26.0 Å². The van der Waals surface area contributed by atoms with Crippen LogP contribution in [0.2, 0.25) is 0 Å². The molecule has 1 atom stereocenters. The van der Waals surface area contributed by atoms with Crippen LogP contribution in [0.3, 0.4) is 0 Å². The fourth-order valence-corrected chi connectivity index (χ4v) is 2.07. The molecule has 0 fully saturated rings. The Balaban J connectivity index is 2.32. The highest BCUT2D eigenvalue weighted by atomic mass is 79.9. The molecule has 1 N–H and O–H groups in total. The maximum absolute atomic E-state index is 13.4. The monoisotopic (exact) mass is 312 g/mol. The standard InChI is InChI=1S/C13H14BrFN2O/c1-2-7-17-12(5-6-16-17)13(18)9-3-4-10(14)11(15)8-9/h3-6,8,13,18H,2,7H2,1H3. The molecule has 1 unspecified atom stereocenters. The zero-order valence-corrected chi connectivity index (χ0v) is 11.6. The molecule has 0 amide bonds. The highest BCUT2D eigenvalue weighted by molar-refractivity contribution is 9.10. The van der Waals surface area contributed by atoms with E-state index >= 15 is 0 Å². The molecule has 0 spiro atoms. The zero-order chi connectivity index (χ0) is 13.1. The van der Waals surface area contributed by atoms with Gasteiger partial charge < -0.3 is 5.11 Å². The molecule has 5 heteroatoms. The molecule has 0 bridgehead atoms. The summed E-state index contributed by atoms with van der Waals surface area (Å²) in [5.74, 6) is -0.381. The van der Waals surface area contributed by atoms with E-state index in [4.69, 9.17) is 0 Å². The predicted molar refractivity (Wildman–Crippen MR) is 70.7 cm³/mol. The normalized spacial score (nSPS) is 12.7. The minimum atomic E-state index is -0.860. The quantitative estimate of drug-likeness (QED) is 0.941. The van der Waals surface area contributed by atoms with E-state index in [2.05, 4.69) is 21.0 Å². The molecule has 18 heavy (non-hydrogen) atoms. The van der Waals surface area contributed by atoms with Crippen molar-refractivity contribution in [2.75, 3.05) is 0 Å². The molecule has 3 nitrogen and oxygen atoms in total. The second-order valence-corrected chi connectivity index (χ2v) is 4.91. The highest BCUT2D eigenvalue weighted by Gasteiger charge is 2.16. The van der Waals surface area contributed by atoms with Gasteiger partial charge in [-0.05, 0) is 46.1 Å². The zero-order valence-electron chi connectivity index (χ0n) is 9.98. The molecule has 1 aromatic carbocycles. The van der Waals surface area contributed by atoms with Crippen molar-refractivity contribution in [3.8, 4) is 0 Å². The molecule has 0 aliphatic carbocycles. The van der Waals surface area contributed by atoms with Crippen LogP contribution in [0.15, 0.2) is 34.9 Å². The lowest BCUT2D eigenvalue weighted by molar-refractivity contribution is 0.207. The lowest BCUT2D eigenvalue weighted by atomic mass is 10.1. The molecule has 1 aromatic heterocycles. The topological polar surface area (TPSA) is 38.0 Å². The van der Waals surface area contributed by atoms with E-state index < -0.39 is 6.10 Å². The van der Waals surface area contributed by atoms with E-state index in [0.29, 0.717) is 15.7 Å². The highest BCUT2D eigenvalue weighted by Crippen LogP contribution is 2.25. The lowest BCUT2D eigenvalue weighted by Gasteiger charge is -2.13. The number of hydrogen-bond acceptors (Lipinski definition) is 2. The molecule has 0 saturated heterocycles. The number of halogens is 2. The predicted octanol–water partition coefficient (Wildman–Crippen LogP) is 3.28. The Hall–Kier alpha value is -1.20. The van der Waals surface area contributed by atoms with Crippen LogP contribution in [0, 0.1) is 5.82 Å². The lowest BCUT2D eigenvalue weighted by Crippen LogP contribution is -2.10. The fourth-order valence-electron chi connectivity index (χ4n) is 1.83. The van der Waals surface area contributed by atoms with E-state index in [9.17, 15) is 9.50 Å². The molecule has 2 rings (SSSR count). The van der Waals surface area contributed by atoms with Gasteiger partial charge in [0.2, 0.25) is 0 Å². The molecule has 0 radical (unpaired) electrons. The van der Waals surface area contributed by atoms with Gasteiger partial charge in [0, 0.05) is 12.7 Å². The van der Waals surface area contributed by atoms with Crippen LogP contribution in [0.1, 0.15) is 30.7 Å². The average Bonchev–Trinajstić information content (AvgIpc) is 2.80. The number of aliphatic hydroxyl groups is 1. The van der Waals surface area contributed by atoms with Gasteiger partial charge in [-0.2, -0.15) is 5.10 Å². The SMILES string of the molecule is CCCn1nccc1C(O)c1ccc(Br)c(F)c1. The van der Waals surface area contributed by atoms with Crippen molar-refractivity contribution in [1.29, 1.82) is 0 Å². The van der Waals surface area contributed by atoms with E-state index in [-0.39, 0.29) is 5.82 Å². The molecule has 1 heterocycles. The van der Waals surface area contributed by atoms with E-state index in [1.54, 1.807) is 29.1 Å². The summed E-state index contributed by atoms with van der Waals surface area (Å²) >= 11 is 3.09. The first-order valence-electron chi connectivity index (χ1n) is 5.78. The van der Waals surface area contributed by atoms with Crippen molar-refractivity contribution in [3.05, 3.63) is 52.0 Å². The first-order chi connectivity index (χ1) is 8.63. The van der Waals surface area contributed by atoms with Crippen molar-refractivity contribution in [2.24, 2.45) is 0 Å². The number of nitrogens with zero attached hydrogens (tertiary/aromatic N) is 2. The maximum Gasteiger partial charge on any atom is 0.137 e. The Morgan fingerprint density at radius 2 is 2.22 bits per heavy atom. The van der Waals surface area contributed by atoms with Crippen LogP contribution in [0.4, 0.5) is 4.39 Å². The smallest absolute Gasteiger partial charge is 0.137 e. The second kappa shape index (κ2) is 5.63. The van der Waals surface area contributed by atoms with Gasteiger partial charge in [-0.15, -0.1) is 0 Å². The summed E-state index contributed by atoms with van der Waals surface area (Å²) in [6.45, 7) is 2.77. The summed E-state index contributed by atoms with van der Waals surface area (Å²) in [5, 5.41) is 14.4. The van der Waals surface area contributed by atoms with Gasteiger partial charge in [-0.25, -0.2) is 4.39 Å². The largest absolute Gasteiger partial charge is 0.382 e. The first kappa shape index (κ1) is 13.2. The van der Waals surface area contributed by atoms with Gasteiger partial charge in [-0.3, -0.25) is 4.68 Å². The van der Waals surface area contributed by atoms with Crippen molar-refractivity contribution in [1.82, 2.24) is 9.78 Å². The van der Waals surface area contributed by atoms with Gasteiger partial charge in [0.25, 0.3) is 0 Å². The van der Waals surface area contributed by atoms with E-state index in [1.165, 1.54) is 6.07 Å². The van der Waals surface area contributed by atoms with Crippen molar-refractivity contribution >= 4 is 15.9 Å². The third kappa shape index (κ3) is 2.62. The Kier molecular flexibility index (Phi) is 4.14. The van der Waals surface area contributed by atoms with Gasteiger partial charge in [0.1, 0.15) is 11.9 Å². The Morgan fingerprint density at radius 3 is 2.89 bits per heavy atom. The summed E-state index contributed by atoms with van der Waals surface area (Å²) in [6.07, 6.45) is 1.71. The number of aryl methyl sites for hydroxylation is 1. The van der Waals surface area contributed by atoms with Gasteiger partial charge in [0.15, 0.2) is 0 Å². The van der Waals surface area contributed by atoms with Crippen LogP contribution in [-0.4, -0.2) is 14.9 Å². The molecular weight excluding hydrogens is 299 g/mol. The van der Waals surface area contributed by atoms with Crippen LogP contribution in [0.5, 0.6) is 0 Å². The van der Waals surface area contributed by atoms with E-state index in [0.717, 1.165) is 13.0 Å². The molecule has 0 aliphatic rings. The van der Waals surface area contributed by atoms with E-state index in [1.807, 2.05) is 6.92 Å². The second-order valence-electron chi connectivity index (χ2n) is 4.06. The molecule has 96 valence electrons. The average molecular weight is 313 g/mol. The van der Waals surface area contributed by atoms with Gasteiger partial charge >= 0.3 is 0 Å². The van der Waals surface area contributed by atoms with Gasteiger partial charge in [-0.1, -0.05) is 13.0 Å². The Labute approximate surface area is 113 Å². The number of benzene rings is 1. The fraction of sp³-hybridized carbons (Fsp3) is 0.308. The number of aliphatic hydroxyl groups excluding tert-OH is 1. The summed E-state index contributed by atoms with van der Waals surface area (Å²) < 4.78 is 15.6. The van der Waals surface area contributed by atoms with Crippen LogP contribution >= 0.6 is 15.9 Å². The number of rotatable bonds is 4. The van der Waals surface area contributed by atoms with Crippen molar-refractivity contribution in [3.63, 3.8) is 0 Å². The third-order valence-corrected chi connectivity index (χ3v) is 3.37. The van der Waals surface area contributed by atoms with Crippen LogP contribution < -0.4 is 0 Å². The summed E-state index contributed by atoms with van der Waals surface area (Å²) in [6, 6.07) is 6.37. The summed E-state index contributed by atoms with van der Waals surface area (Å²) in [4.78, 5) is 0. The minimum Gasteiger partial charge on any atom is -0.382 e. The first-order valence-corrected chi connectivity index (χ1v) is 6.57. The van der Waals surface area contributed by atoms with Crippen LogP contribution in [-0.2, 0) is 6.54 Å². The third-order valence-electron chi connectivity index (χ3n) is 2.72. The summed E-state index contributed by atoms with van der Waals surface area (Å²) in [5.41, 5.74) is 1.20. The van der Waals surface area contributed by atoms with Crippen molar-refractivity contribution < 1.29 is 9.50 Å². The number of hydrogen-bond donors (Lipinski definition) is 1. The maximum atomic E-state index is 13.4. The molecule has 0 saturated carbocycles. The molecule has 2 aromatic rings. The molecule has 0 aliphatic heterocycles. The van der Waals surface area contributed by atoms with Crippen LogP contribution in [0.25, 0.3) is 0 Å². The summed E-state index contributed by atoms with van der Waals surface area (Å²) in [7, 11) is 0. The Bertz CT molecular complexity index is 542. The minimum absolute atomic E-state index is 0.381. The van der Waals surface area contributed by atoms with Gasteiger partial charge in [0.05, 0.1) is 10.2 Å². The Morgan fingerprint density at radius 1 is 1.44 bits per heavy atom. The number of aromatic nitrogens is 2. The molecular formula is C13H14BrFN2O.